The van der Waals surface area contributed by atoms with Crippen molar-refractivity contribution in [2.24, 2.45) is 0 Å². The molecule has 0 aromatic heterocycles. The Kier molecular flexibility index (Phi) is 6.98. The van der Waals surface area contributed by atoms with Crippen LogP contribution < -0.4 is 10.1 Å². The van der Waals surface area contributed by atoms with Gasteiger partial charge < -0.3 is 20.3 Å². The fraction of sp³-hybridized carbons (Fsp3) is 0.350. The molecular formula is C20H25NO4. The summed E-state index contributed by atoms with van der Waals surface area (Å²) in [6.45, 7) is 4.79. The molecule has 3 N–H and O–H groups in total. The van der Waals surface area contributed by atoms with E-state index in [0.717, 1.165) is 0 Å². The lowest BCUT2D eigenvalue weighted by Gasteiger charge is -2.20. The number of nitrogens with one attached hydrogen (secondary N) is 1. The van der Waals surface area contributed by atoms with Crippen molar-refractivity contribution < 1.29 is 19.7 Å². The van der Waals surface area contributed by atoms with Crippen molar-refractivity contribution in [3.8, 4) is 11.5 Å². The number of carbonyl (C=O) groups is 1. The van der Waals surface area contributed by atoms with Crippen molar-refractivity contribution in [1.29, 1.82) is 0 Å². The molecule has 2 atom stereocenters. The predicted octanol–water partition coefficient (Wildman–Crippen LogP) is 3.08. The number of ketones is 1. The highest BCUT2D eigenvalue weighted by molar-refractivity contribution is 5.96. The van der Waals surface area contributed by atoms with Gasteiger partial charge in [0.05, 0.1) is 12.7 Å². The largest absolute Gasteiger partial charge is 0.508 e. The van der Waals surface area contributed by atoms with Crippen molar-refractivity contribution in [1.82, 2.24) is 5.32 Å². The van der Waals surface area contributed by atoms with E-state index in [4.69, 9.17) is 4.74 Å². The molecule has 25 heavy (non-hydrogen) atoms. The maximum absolute atomic E-state index is 12.3. The molecule has 5 heteroatoms. The van der Waals surface area contributed by atoms with Gasteiger partial charge in [-0.2, -0.15) is 0 Å². The summed E-state index contributed by atoms with van der Waals surface area (Å²) in [6.07, 6.45) is -0.376. The Morgan fingerprint density at radius 3 is 2.60 bits per heavy atom. The van der Waals surface area contributed by atoms with E-state index in [1.807, 2.05) is 26.0 Å². The first kappa shape index (κ1) is 19.0. The second-order valence-electron chi connectivity index (χ2n) is 5.91. The van der Waals surface area contributed by atoms with Crippen LogP contribution in [-0.2, 0) is 0 Å². The number of hydrogen-bond acceptors (Lipinski definition) is 5. The number of carbonyl (C=O) groups excluding carboxylic acids is 1. The first-order valence-corrected chi connectivity index (χ1v) is 8.47. The number of aliphatic hydroxyl groups excluding tert-OH is 1. The molecule has 2 aromatic rings. The predicted molar refractivity (Wildman–Crippen MR) is 97.1 cm³/mol. The summed E-state index contributed by atoms with van der Waals surface area (Å²) in [5, 5.41) is 22.8. The Morgan fingerprint density at radius 1 is 1.20 bits per heavy atom. The van der Waals surface area contributed by atoms with Crippen LogP contribution in [-0.4, -0.2) is 35.2 Å². The zero-order chi connectivity index (χ0) is 18.2. The van der Waals surface area contributed by atoms with E-state index in [1.54, 1.807) is 36.4 Å². The lowest BCUT2D eigenvalue weighted by atomic mass is 10.0. The minimum atomic E-state index is -0.711. The zero-order valence-electron chi connectivity index (χ0n) is 14.6. The summed E-state index contributed by atoms with van der Waals surface area (Å²) in [4.78, 5) is 12.3. The van der Waals surface area contributed by atoms with Gasteiger partial charge in [-0.1, -0.05) is 24.3 Å². The van der Waals surface area contributed by atoms with Crippen LogP contribution in [0.1, 0.15) is 42.3 Å². The van der Waals surface area contributed by atoms with Crippen molar-refractivity contribution in [2.75, 3.05) is 13.2 Å². The molecule has 0 fully saturated rings. The molecule has 0 heterocycles. The third kappa shape index (κ3) is 5.59. The number of phenolic OH excluding ortho intramolecular Hbond substituents is 1. The topological polar surface area (TPSA) is 78.8 Å². The zero-order valence-corrected chi connectivity index (χ0v) is 14.6. The molecule has 2 aromatic carbocycles. The molecule has 2 rings (SSSR count). The number of phenols is 1. The van der Waals surface area contributed by atoms with Crippen LogP contribution in [0.5, 0.6) is 11.5 Å². The van der Waals surface area contributed by atoms with Gasteiger partial charge in [0.2, 0.25) is 0 Å². The number of ether oxygens (including phenoxy) is 1. The molecule has 0 aliphatic rings. The monoisotopic (exact) mass is 343 g/mol. The fourth-order valence-corrected chi connectivity index (χ4v) is 2.56. The van der Waals surface area contributed by atoms with E-state index in [1.165, 1.54) is 0 Å². The van der Waals surface area contributed by atoms with E-state index in [2.05, 4.69) is 5.32 Å². The van der Waals surface area contributed by atoms with Gasteiger partial charge in [-0.05, 0) is 43.7 Å². The maximum atomic E-state index is 12.3. The molecule has 134 valence electrons. The molecule has 0 saturated carbocycles. The number of aromatic hydroxyl groups is 1. The Balaban J connectivity index is 1.83. The van der Waals surface area contributed by atoms with Crippen LogP contribution in [0.2, 0.25) is 0 Å². The second-order valence-corrected chi connectivity index (χ2v) is 5.91. The summed E-state index contributed by atoms with van der Waals surface area (Å²) >= 11 is 0. The van der Waals surface area contributed by atoms with Gasteiger partial charge in [0.15, 0.2) is 5.78 Å². The Labute approximate surface area is 148 Å². The minimum absolute atomic E-state index is 0.0281. The van der Waals surface area contributed by atoms with E-state index in [-0.39, 0.29) is 17.6 Å². The molecule has 0 radical (unpaired) electrons. The number of aliphatic hydroxyl groups is 1. The second kappa shape index (κ2) is 9.20. The minimum Gasteiger partial charge on any atom is -0.508 e. The van der Waals surface area contributed by atoms with Gasteiger partial charge in [-0.15, -0.1) is 0 Å². The van der Waals surface area contributed by atoms with Gasteiger partial charge in [-0.25, -0.2) is 0 Å². The van der Waals surface area contributed by atoms with E-state index < -0.39 is 6.10 Å². The fourth-order valence-electron chi connectivity index (χ4n) is 2.56. The quantitative estimate of drug-likeness (QED) is 0.610. The highest BCUT2D eigenvalue weighted by atomic mass is 16.5. The van der Waals surface area contributed by atoms with Crippen LogP contribution in [0.25, 0.3) is 0 Å². The Bertz CT molecular complexity index is 684. The first-order chi connectivity index (χ1) is 12.0. The third-order valence-electron chi connectivity index (χ3n) is 3.99. The lowest BCUT2D eigenvalue weighted by molar-refractivity contribution is 0.0971. The number of Topliss-reactive ketones (excluding diaryl/α,β-unsaturated/α-hetero) is 1. The smallest absolute Gasteiger partial charge is 0.164 e. The highest BCUT2D eigenvalue weighted by Gasteiger charge is 2.16. The Hall–Kier alpha value is -2.37. The maximum Gasteiger partial charge on any atom is 0.164 e. The molecule has 2 unspecified atom stereocenters. The molecule has 0 bridgehead atoms. The third-order valence-corrected chi connectivity index (χ3v) is 3.99. The van der Waals surface area contributed by atoms with Gasteiger partial charge in [0, 0.05) is 24.6 Å². The average molecular weight is 343 g/mol. The van der Waals surface area contributed by atoms with Crippen molar-refractivity contribution in [3.63, 3.8) is 0 Å². The van der Waals surface area contributed by atoms with Crippen LogP contribution in [0, 0.1) is 0 Å². The summed E-state index contributed by atoms with van der Waals surface area (Å²) in [7, 11) is 0. The molecule has 0 aliphatic heterocycles. The molecular weight excluding hydrogens is 318 g/mol. The molecule has 0 spiro atoms. The highest BCUT2D eigenvalue weighted by Crippen LogP contribution is 2.20. The molecule has 0 amide bonds. The summed E-state index contributed by atoms with van der Waals surface area (Å²) in [6, 6.07) is 13.4. The van der Waals surface area contributed by atoms with E-state index >= 15 is 0 Å². The Morgan fingerprint density at radius 2 is 1.92 bits per heavy atom. The number of hydrogen-bond donors (Lipinski definition) is 3. The molecule has 0 saturated heterocycles. The van der Waals surface area contributed by atoms with Crippen molar-refractivity contribution >= 4 is 5.78 Å². The normalized spacial score (nSPS) is 13.2. The van der Waals surface area contributed by atoms with Crippen LogP contribution in [0.3, 0.4) is 0 Å². The summed E-state index contributed by atoms with van der Waals surface area (Å²) in [5.41, 5.74) is 1.34. The van der Waals surface area contributed by atoms with Crippen LogP contribution >= 0.6 is 0 Å². The van der Waals surface area contributed by atoms with Gasteiger partial charge in [0.25, 0.3) is 0 Å². The van der Waals surface area contributed by atoms with Gasteiger partial charge in [-0.3, -0.25) is 4.79 Å². The summed E-state index contributed by atoms with van der Waals surface area (Å²) < 4.78 is 5.41. The average Bonchev–Trinajstić information content (AvgIpc) is 2.62. The van der Waals surface area contributed by atoms with Crippen molar-refractivity contribution in [2.45, 2.75) is 32.4 Å². The standard InChI is InChI=1S/C20H25NO4/c1-3-25-18-6-4-5-16(13-18)19(23)11-12-21-14(2)20(24)15-7-9-17(22)10-8-15/h4-10,13-14,20-22,24H,3,11-12H2,1-2H3. The summed E-state index contributed by atoms with van der Waals surface area (Å²) in [5.74, 6) is 0.884. The SMILES string of the molecule is CCOc1cccc(C(=O)CCNC(C)C(O)c2ccc(O)cc2)c1. The number of benzene rings is 2. The van der Waals surface area contributed by atoms with Gasteiger partial charge >= 0.3 is 0 Å². The van der Waals surface area contributed by atoms with Crippen LogP contribution in [0.4, 0.5) is 0 Å². The number of rotatable bonds is 9. The molecule has 0 aliphatic carbocycles. The van der Waals surface area contributed by atoms with Crippen LogP contribution in [0.15, 0.2) is 48.5 Å². The van der Waals surface area contributed by atoms with E-state index in [0.29, 0.717) is 36.4 Å². The van der Waals surface area contributed by atoms with Crippen molar-refractivity contribution in [3.05, 3.63) is 59.7 Å². The van der Waals surface area contributed by atoms with E-state index in [9.17, 15) is 15.0 Å². The van der Waals surface area contributed by atoms with Gasteiger partial charge in [0.1, 0.15) is 11.5 Å². The lowest BCUT2D eigenvalue weighted by Crippen LogP contribution is -2.33. The first-order valence-electron chi connectivity index (χ1n) is 8.47. The molecule has 5 nitrogen and oxygen atoms in total.